The fourth-order valence-corrected chi connectivity index (χ4v) is 3.44. The topological polar surface area (TPSA) is 71.1 Å². The summed E-state index contributed by atoms with van der Waals surface area (Å²) in [5.41, 5.74) is 2.48. The van der Waals surface area contributed by atoms with Gasteiger partial charge in [-0.05, 0) is 29.7 Å². The zero-order valence-corrected chi connectivity index (χ0v) is 17.3. The number of rotatable bonds is 7. The summed E-state index contributed by atoms with van der Waals surface area (Å²) in [6.07, 6.45) is 0. The summed E-state index contributed by atoms with van der Waals surface area (Å²) in [6.45, 7) is 5.08. The maximum atomic E-state index is 12.9. The Morgan fingerprint density at radius 2 is 1.86 bits per heavy atom. The molecule has 1 fully saturated rings. The fourth-order valence-electron chi connectivity index (χ4n) is 3.44. The molecule has 1 heterocycles. The second kappa shape index (κ2) is 8.86. The van der Waals surface area contributed by atoms with E-state index in [0.717, 1.165) is 11.3 Å². The van der Waals surface area contributed by atoms with E-state index in [2.05, 4.69) is 19.2 Å². The van der Waals surface area contributed by atoms with Crippen molar-refractivity contribution >= 4 is 23.3 Å². The van der Waals surface area contributed by atoms with Crippen molar-refractivity contribution in [3.63, 3.8) is 0 Å². The number of benzene rings is 2. The molecule has 154 valence electrons. The molecule has 0 radical (unpaired) electrons. The van der Waals surface area contributed by atoms with Gasteiger partial charge in [0.25, 0.3) is 0 Å². The number of amides is 3. The SMILES string of the molecule is COc1ccc(OC)c(N2CCN(CC(=O)Nc3ccccc3C(C)C)C2=O)c1. The lowest BCUT2D eigenvalue weighted by Gasteiger charge is -2.21. The number of ether oxygens (including phenoxy) is 2. The number of anilines is 2. The molecule has 0 unspecified atom stereocenters. The van der Waals surface area contributed by atoms with Crippen molar-refractivity contribution in [2.24, 2.45) is 0 Å². The molecule has 1 saturated heterocycles. The van der Waals surface area contributed by atoms with E-state index in [1.807, 2.05) is 24.3 Å². The predicted molar refractivity (Wildman–Crippen MR) is 113 cm³/mol. The third-order valence-corrected chi connectivity index (χ3v) is 4.96. The average Bonchev–Trinajstić information content (AvgIpc) is 3.07. The Bertz CT molecular complexity index is 897. The van der Waals surface area contributed by atoms with Crippen LogP contribution in [0.4, 0.5) is 16.2 Å². The quantitative estimate of drug-likeness (QED) is 0.773. The lowest BCUT2D eigenvalue weighted by Crippen LogP contribution is -2.37. The van der Waals surface area contributed by atoms with E-state index in [1.165, 1.54) is 4.90 Å². The lowest BCUT2D eigenvalue weighted by atomic mass is 10.0. The molecule has 1 aliphatic heterocycles. The second-order valence-corrected chi connectivity index (χ2v) is 7.18. The summed E-state index contributed by atoms with van der Waals surface area (Å²) in [5.74, 6) is 1.29. The third-order valence-electron chi connectivity index (χ3n) is 4.96. The van der Waals surface area contributed by atoms with Crippen LogP contribution in [-0.2, 0) is 4.79 Å². The van der Waals surface area contributed by atoms with Gasteiger partial charge in [-0.2, -0.15) is 0 Å². The Balaban J connectivity index is 1.70. The standard InChI is InChI=1S/C22H27N3O4/c1-15(2)17-7-5-6-8-18(17)23-21(26)14-24-11-12-25(22(24)27)19-13-16(28-3)9-10-20(19)29-4/h5-10,13,15H,11-12,14H2,1-4H3,(H,23,26). The maximum absolute atomic E-state index is 12.9. The minimum absolute atomic E-state index is 0.00591. The highest BCUT2D eigenvalue weighted by molar-refractivity contribution is 6.00. The Hall–Kier alpha value is -3.22. The molecule has 2 aromatic rings. The van der Waals surface area contributed by atoms with Crippen molar-refractivity contribution in [3.05, 3.63) is 48.0 Å². The smallest absolute Gasteiger partial charge is 0.325 e. The summed E-state index contributed by atoms with van der Waals surface area (Å²) in [5, 5.41) is 2.94. The molecule has 1 aliphatic rings. The van der Waals surface area contributed by atoms with E-state index in [9.17, 15) is 9.59 Å². The van der Waals surface area contributed by atoms with Gasteiger partial charge in [0.2, 0.25) is 5.91 Å². The second-order valence-electron chi connectivity index (χ2n) is 7.18. The van der Waals surface area contributed by atoms with Gasteiger partial charge in [-0.3, -0.25) is 9.69 Å². The van der Waals surface area contributed by atoms with Crippen molar-refractivity contribution in [1.29, 1.82) is 0 Å². The number of carbonyl (C=O) groups is 2. The molecule has 7 nitrogen and oxygen atoms in total. The number of hydrogen-bond donors (Lipinski definition) is 1. The first-order valence-corrected chi connectivity index (χ1v) is 9.61. The fraction of sp³-hybridized carbons (Fsp3) is 0.364. The molecule has 0 atom stereocenters. The molecule has 0 aliphatic carbocycles. The molecule has 7 heteroatoms. The molecule has 0 saturated carbocycles. The number of nitrogens with zero attached hydrogens (tertiary/aromatic N) is 2. The van der Waals surface area contributed by atoms with Crippen LogP contribution < -0.4 is 19.7 Å². The van der Waals surface area contributed by atoms with Gasteiger partial charge in [0, 0.05) is 24.8 Å². The Morgan fingerprint density at radius 3 is 2.55 bits per heavy atom. The van der Waals surface area contributed by atoms with Gasteiger partial charge in [-0.15, -0.1) is 0 Å². The van der Waals surface area contributed by atoms with Crippen LogP contribution in [0.2, 0.25) is 0 Å². The van der Waals surface area contributed by atoms with Crippen molar-refractivity contribution in [3.8, 4) is 11.5 Å². The molecule has 0 bridgehead atoms. The van der Waals surface area contributed by atoms with Crippen molar-refractivity contribution < 1.29 is 19.1 Å². The van der Waals surface area contributed by atoms with Gasteiger partial charge < -0.3 is 19.7 Å². The highest BCUT2D eigenvalue weighted by atomic mass is 16.5. The van der Waals surface area contributed by atoms with E-state index < -0.39 is 0 Å². The Morgan fingerprint density at radius 1 is 1.10 bits per heavy atom. The van der Waals surface area contributed by atoms with Crippen molar-refractivity contribution in [2.45, 2.75) is 19.8 Å². The minimum atomic E-state index is -0.233. The first-order chi connectivity index (χ1) is 13.9. The Kier molecular flexibility index (Phi) is 6.26. The van der Waals surface area contributed by atoms with E-state index in [0.29, 0.717) is 30.3 Å². The molecular weight excluding hydrogens is 370 g/mol. The van der Waals surface area contributed by atoms with Gasteiger partial charge in [0.1, 0.15) is 18.0 Å². The molecule has 29 heavy (non-hydrogen) atoms. The summed E-state index contributed by atoms with van der Waals surface area (Å²) >= 11 is 0. The molecule has 3 rings (SSSR count). The van der Waals surface area contributed by atoms with E-state index in [1.54, 1.807) is 37.3 Å². The van der Waals surface area contributed by atoms with Crippen molar-refractivity contribution in [2.75, 3.05) is 44.1 Å². The Labute approximate surface area is 171 Å². The summed E-state index contributed by atoms with van der Waals surface area (Å²) in [6, 6.07) is 12.8. The third kappa shape index (κ3) is 4.45. The minimum Gasteiger partial charge on any atom is -0.497 e. The molecule has 0 spiro atoms. The van der Waals surface area contributed by atoms with Gasteiger partial charge in [0.15, 0.2) is 0 Å². The van der Waals surface area contributed by atoms with Gasteiger partial charge >= 0.3 is 6.03 Å². The zero-order valence-electron chi connectivity index (χ0n) is 17.3. The molecule has 1 N–H and O–H groups in total. The lowest BCUT2D eigenvalue weighted by molar-refractivity contribution is -0.116. The van der Waals surface area contributed by atoms with E-state index in [4.69, 9.17) is 9.47 Å². The highest BCUT2D eigenvalue weighted by Crippen LogP contribution is 2.34. The number of hydrogen-bond acceptors (Lipinski definition) is 4. The predicted octanol–water partition coefficient (Wildman–Crippen LogP) is 3.71. The molecule has 0 aromatic heterocycles. The summed E-state index contributed by atoms with van der Waals surface area (Å²) < 4.78 is 10.7. The van der Waals surface area contributed by atoms with Crippen LogP contribution in [0.5, 0.6) is 11.5 Å². The van der Waals surface area contributed by atoms with Gasteiger partial charge in [-0.1, -0.05) is 32.0 Å². The first kappa shape index (κ1) is 20.5. The van der Waals surface area contributed by atoms with Crippen LogP contribution in [0.1, 0.15) is 25.3 Å². The number of para-hydroxylation sites is 1. The monoisotopic (exact) mass is 397 g/mol. The van der Waals surface area contributed by atoms with Crippen LogP contribution in [0, 0.1) is 0 Å². The van der Waals surface area contributed by atoms with Gasteiger partial charge in [-0.25, -0.2) is 4.79 Å². The van der Waals surface area contributed by atoms with Crippen LogP contribution in [0.15, 0.2) is 42.5 Å². The number of carbonyl (C=O) groups excluding carboxylic acids is 2. The normalized spacial score (nSPS) is 13.8. The van der Waals surface area contributed by atoms with Crippen molar-refractivity contribution in [1.82, 2.24) is 4.90 Å². The van der Waals surface area contributed by atoms with E-state index >= 15 is 0 Å². The van der Waals surface area contributed by atoms with Crippen LogP contribution in [0.25, 0.3) is 0 Å². The molecular formula is C22H27N3O4. The first-order valence-electron chi connectivity index (χ1n) is 9.61. The molecule has 3 amide bonds. The van der Waals surface area contributed by atoms with Gasteiger partial charge in [0.05, 0.1) is 19.9 Å². The zero-order chi connectivity index (χ0) is 21.0. The largest absolute Gasteiger partial charge is 0.497 e. The molecule has 2 aromatic carbocycles. The number of methoxy groups -OCH3 is 2. The van der Waals surface area contributed by atoms with E-state index in [-0.39, 0.29) is 24.4 Å². The number of nitrogens with one attached hydrogen (secondary N) is 1. The summed E-state index contributed by atoms with van der Waals surface area (Å²) in [4.78, 5) is 28.6. The van der Waals surface area contributed by atoms with Crippen LogP contribution in [-0.4, -0.2) is 50.7 Å². The number of urea groups is 1. The van der Waals surface area contributed by atoms with Crippen LogP contribution in [0.3, 0.4) is 0 Å². The highest BCUT2D eigenvalue weighted by Gasteiger charge is 2.32. The average molecular weight is 397 g/mol. The maximum Gasteiger partial charge on any atom is 0.325 e. The van der Waals surface area contributed by atoms with Crippen LogP contribution >= 0.6 is 0 Å². The summed E-state index contributed by atoms with van der Waals surface area (Å²) in [7, 11) is 3.13.